The second-order valence-corrected chi connectivity index (χ2v) is 8.27. The lowest BCUT2D eigenvalue weighted by molar-refractivity contribution is -0.274. The Hall–Kier alpha value is -3.56. The number of carboxylic acids is 1. The third-order valence-corrected chi connectivity index (χ3v) is 5.86. The number of nitrogens with zero attached hydrogens (tertiary/aromatic N) is 1. The van der Waals surface area contributed by atoms with Crippen LogP contribution in [0.4, 0.5) is 17.6 Å². The Balaban J connectivity index is 1.42. The molecule has 2 aromatic carbocycles. The van der Waals surface area contributed by atoms with Gasteiger partial charge in [0.1, 0.15) is 18.1 Å². The number of rotatable bonds is 7. The highest BCUT2D eigenvalue weighted by atomic mass is 19.4. The number of benzene rings is 2. The third kappa shape index (κ3) is 5.49. The Morgan fingerprint density at radius 3 is 2.71 bits per heavy atom. The fourth-order valence-corrected chi connectivity index (χ4v) is 4.52. The fourth-order valence-electron chi connectivity index (χ4n) is 4.52. The molecule has 2 N–H and O–H groups in total. The number of nitrogens with one attached hydrogen (secondary N) is 1. The van der Waals surface area contributed by atoms with Crippen molar-refractivity contribution in [1.29, 1.82) is 0 Å². The maximum atomic E-state index is 13.9. The van der Waals surface area contributed by atoms with Crippen molar-refractivity contribution >= 4 is 22.8 Å². The maximum absolute atomic E-state index is 13.9. The van der Waals surface area contributed by atoms with Crippen LogP contribution in [0.15, 0.2) is 42.5 Å². The highest BCUT2D eigenvalue weighted by Gasteiger charge is 2.31. The van der Waals surface area contributed by atoms with Crippen molar-refractivity contribution in [2.45, 2.75) is 51.1 Å². The third-order valence-electron chi connectivity index (χ3n) is 5.86. The Labute approximate surface area is 192 Å². The predicted octanol–water partition coefficient (Wildman–Crippen LogP) is 4.37. The van der Waals surface area contributed by atoms with Crippen LogP contribution in [-0.4, -0.2) is 34.0 Å². The van der Waals surface area contributed by atoms with Crippen LogP contribution in [0.3, 0.4) is 0 Å². The summed E-state index contributed by atoms with van der Waals surface area (Å²) in [6.45, 7) is -0.231. The van der Waals surface area contributed by atoms with E-state index in [9.17, 15) is 32.3 Å². The van der Waals surface area contributed by atoms with Crippen LogP contribution >= 0.6 is 0 Å². The van der Waals surface area contributed by atoms with E-state index in [1.54, 1.807) is 16.7 Å². The molecule has 1 heterocycles. The zero-order chi connectivity index (χ0) is 24.5. The topological polar surface area (TPSA) is 80.6 Å². The number of hydrogen-bond acceptors (Lipinski definition) is 3. The lowest BCUT2D eigenvalue weighted by Crippen LogP contribution is -2.39. The van der Waals surface area contributed by atoms with Gasteiger partial charge in [0.2, 0.25) is 5.91 Å². The van der Waals surface area contributed by atoms with Gasteiger partial charge >= 0.3 is 12.3 Å². The number of amides is 1. The summed E-state index contributed by atoms with van der Waals surface area (Å²) in [5.74, 6) is -2.01. The molecule has 10 heteroatoms. The van der Waals surface area contributed by atoms with Crippen molar-refractivity contribution in [3.8, 4) is 5.75 Å². The van der Waals surface area contributed by atoms with Crippen molar-refractivity contribution in [3.63, 3.8) is 0 Å². The molecule has 0 saturated carbocycles. The van der Waals surface area contributed by atoms with E-state index >= 15 is 0 Å². The number of fused-ring (bicyclic) bond motifs is 3. The number of ether oxygens (including phenoxy) is 1. The molecular weight excluding hydrogens is 456 g/mol. The molecule has 34 heavy (non-hydrogen) atoms. The molecule has 6 nitrogen and oxygen atoms in total. The molecule has 3 aromatic rings. The summed E-state index contributed by atoms with van der Waals surface area (Å²) < 4.78 is 56.7. The molecule has 4 rings (SSSR count). The van der Waals surface area contributed by atoms with Gasteiger partial charge in [0, 0.05) is 29.1 Å². The molecule has 0 saturated heterocycles. The molecule has 0 radical (unpaired) electrons. The quantitative estimate of drug-likeness (QED) is 0.495. The van der Waals surface area contributed by atoms with Gasteiger partial charge in [0.25, 0.3) is 0 Å². The van der Waals surface area contributed by atoms with Crippen LogP contribution in [-0.2, 0) is 35.4 Å². The zero-order valence-corrected chi connectivity index (χ0v) is 18.0. The van der Waals surface area contributed by atoms with E-state index < -0.39 is 18.1 Å². The van der Waals surface area contributed by atoms with E-state index in [1.165, 1.54) is 30.3 Å². The monoisotopic (exact) mass is 478 g/mol. The number of carbonyl (C=O) groups excluding carboxylic acids is 1. The van der Waals surface area contributed by atoms with Gasteiger partial charge in [0.15, 0.2) is 0 Å². The summed E-state index contributed by atoms with van der Waals surface area (Å²) in [4.78, 5) is 23.8. The van der Waals surface area contributed by atoms with E-state index in [1.807, 2.05) is 0 Å². The molecule has 0 aliphatic heterocycles. The van der Waals surface area contributed by atoms with Crippen LogP contribution in [0.2, 0.25) is 0 Å². The summed E-state index contributed by atoms with van der Waals surface area (Å²) in [6.07, 6.45) is -2.92. The number of aryl methyl sites for hydroxylation is 1. The minimum Gasteiger partial charge on any atom is -0.480 e. The SMILES string of the molecule is O=C(O)Cn1c2c(c3cc(F)ccc31)CC(NC(=O)CCc1cccc(OC(F)(F)F)c1)CC2. The number of carbonyl (C=O) groups is 2. The van der Waals surface area contributed by atoms with E-state index in [0.717, 1.165) is 11.3 Å². The first kappa shape index (κ1) is 23.6. The van der Waals surface area contributed by atoms with Gasteiger partial charge in [-0.05, 0) is 67.1 Å². The highest BCUT2D eigenvalue weighted by Crippen LogP contribution is 2.33. The number of aromatic nitrogens is 1. The smallest absolute Gasteiger partial charge is 0.480 e. The average Bonchev–Trinajstić information content (AvgIpc) is 3.03. The fraction of sp³-hybridized carbons (Fsp3) is 0.333. The van der Waals surface area contributed by atoms with Gasteiger partial charge in [-0.3, -0.25) is 9.59 Å². The van der Waals surface area contributed by atoms with Gasteiger partial charge in [-0.2, -0.15) is 0 Å². The van der Waals surface area contributed by atoms with E-state index in [2.05, 4.69) is 10.1 Å². The highest BCUT2D eigenvalue weighted by molar-refractivity contribution is 5.87. The average molecular weight is 478 g/mol. The second kappa shape index (κ2) is 9.36. The van der Waals surface area contributed by atoms with Gasteiger partial charge < -0.3 is 19.7 Å². The Kier molecular flexibility index (Phi) is 6.49. The van der Waals surface area contributed by atoms with Crippen molar-refractivity contribution in [2.24, 2.45) is 0 Å². The van der Waals surface area contributed by atoms with Gasteiger partial charge in [-0.25, -0.2) is 4.39 Å². The van der Waals surface area contributed by atoms with E-state index in [0.29, 0.717) is 35.7 Å². The second-order valence-electron chi connectivity index (χ2n) is 8.27. The lowest BCUT2D eigenvalue weighted by Gasteiger charge is -2.25. The van der Waals surface area contributed by atoms with Crippen LogP contribution in [0, 0.1) is 5.82 Å². The first-order valence-corrected chi connectivity index (χ1v) is 10.7. The van der Waals surface area contributed by atoms with E-state index in [-0.39, 0.29) is 37.1 Å². The minimum atomic E-state index is -4.79. The molecule has 0 spiro atoms. The Morgan fingerprint density at radius 1 is 1.18 bits per heavy atom. The molecule has 0 bridgehead atoms. The van der Waals surface area contributed by atoms with Crippen molar-refractivity contribution in [3.05, 3.63) is 65.1 Å². The Morgan fingerprint density at radius 2 is 1.97 bits per heavy atom. The normalized spacial score (nSPS) is 15.7. The summed E-state index contributed by atoms with van der Waals surface area (Å²) >= 11 is 0. The minimum absolute atomic E-state index is 0.0776. The summed E-state index contributed by atoms with van der Waals surface area (Å²) in [5.41, 5.74) is 2.83. The molecule has 0 fully saturated rings. The predicted molar refractivity (Wildman–Crippen MR) is 115 cm³/mol. The van der Waals surface area contributed by atoms with Gasteiger partial charge in [-0.15, -0.1) is 13.2 Å². The van der Waals surface area contributed by atoms with Crippen LogP contribution in [0.1, 0.15) is 29.7 Å². The Bertz CT molecular complexity index is 1240. The molecule has 180 valence electrons. The first-order chi connectivity index (χ1) is 16.1. The number of aliphatic carboxylic acids is 1. The molecule has 1 unspecified atom stereocenters. The number of hydrogen-bond donors (Lipinski definition) is 2. The zero-order valence-electron chi connectivity index (χ0n) is 18.0. The first-order valence-electron chi connectivity index (χ1n) is 10.7. The number of alkyl halides is 3. The molecule has 1 aliphatic rings. The van der Waals surface area contributed by atoms with Gasteiger partial charge in [-0.1, -0.05) is 12.1 Å². The van der Waals surface area contributed by atoms with E-state index in [4.69, 9.17) is 0 Å². The van der Waals surface area contributed by atoms with Crippen LogP contribution in [0.5, 0.6) is 5.75 Å². The lowest BCUT2D eigenvalue weighted by atomic mass is 9.91. The number of halogens is 4. The number of carboxylic acid groups (broad SMARTS) is 1. The summed E-state index contributed by atoms with van der Waals surface area (Å²) in [7, 11) is 0. The van der Waals surface area contributed by atoms with Crippen LogP contribution < -0.4 is 10.1 Å². The maximum Gasteiger partial charge on any atom is 0.573 e. The summed E-state index contributed by atoms with van der Waals surface area (Å²) in [6, 6.07) is 9.52. The largest absolute Gasteiger partial charge is 0.573 e. The molecular formula is C24H22F4N2O4. The molecule has 1 amide bonds. The van der Waals surface area contributed by atoms with Crippen molar-refractivity contribution in [2.75, 3.05) is 0 Å². The van der Waals surface area contributed by atoms with Crippen molar-refractivity contribution in [1.82, 2.24) is 9.88 Å². The van der Waals surface area contributed by atoms with Crippen molar-refractivity contribution < 1.29 is 37.0 Å². The van der Waals surface area contributed by atoms with Crippen LogP contribution in [0.25, 0.3) is 10.9 Å². The standard InChI is InChI=1S/C24H22F4N2O4/c25-15-5-7-20-18(11-15)19-12-16(6-8-21(19)30(20)13-23(32)33)29-22(31)9-4-14-2-1-3-17(10-14)34-24(26,27)28/h1-3,5,7,10-11,16H,4,6,8-9,12-13H2,(H,29,31)(H,32,33). The van der Waals surface area contributed by atoms with Gasteiger partial charge in [0.05, 0.1) is 0 Å². The molecule has 1 aromatic heterocycles. The molecule has 1 atom stereocenters. The summed E-state index contributed by atoms with van der Waals surface area (Å²) in [5, 5.41) is 12.9. The molecule has 1 aliphatic carbocycles.